The summed E-state index contributed by atoms with van der Waals surface area (Å²) in [5, 5.41) is 1.65. The molecule has 2 rings (SSSR count). The number of hydrogen-bond donors (Lipinski definition) is 1. The van der Waals surface area contributed by atoms with Crippen molar-refractivity contribution in [1.29, 1.82) is 0 Å². The average molecular weight is 246 g/mol. The van der Waals surface area contributed by atoms with Crippen molar-refractivity contribution in [2.45, 2.75) is 12.8 Å². The van der Waals surface area contributed by atoms with Gasteiger partial charge in [-0.1, -0.05) is 24.4 Å². The third kappa shape index (κ3) is 3.67. The zero-order chi connectivity index (χ0) is 11.9. The first kappa shape index (κ1) is 11.8. The van der Waals surface area contributed by atoms with Crippen molar-refractivity contribution in [3.8, 4) is 5.75 Å². The van der Waals surface area contributed by atoms with E-state index in [9.17, 15) is 0 Å². The number of ether oxygens (including phenoxy) is 1. The van der Waals surface area contributed by atoms with E-state index >= 15 is 0 Å². The predicted octanol–water partition coefficient (Wildman–Crippen LogP) is 2.77. The molecule has 0 amide bonds. The van der Waals surface area contributed by atoms with Gasteiger partial charge in [0, 0.05) is 11.6 Å². The molecule has 0 spiro atoms. The van der Waals surface area contributed by atoms with Gasteiger partial charge in [-0.05, 0) is 30.5 Å². The van der Waals surface area contributed by atoms with Gasteiger partial charge in [-0.3, -0.25) is 0 Å². The van der Waals surface area contributed by atoms with E-state index in [4.69, 9.17) is 17.0 Å². The highest BCUT2D eigenvalue weighted by Crippen LogP contribution is 2.11. The summed E-state index contributed by atoms with van der Waals surface area (Å²) < 4.78 is 5.62. The summed E-state index contributed by atoms with van der Waals surface area (Å²) in [4.78, 5) is 7.09. The normalized spacial score (nSPS) is 10.1. The number of thiocarbonyl (C=S) groups is 1. The van der Waals surface area contributed by atoms with Crippen molar-refractivity contribution in [2.75, 3.05) is 6.61 Å². The van der Waals surface area contributed by atoms with Crippen LogP contribution in [0.5, 0.6) is 5.75 Å². The summed E-state index contributed by atoms with van der Waals surface area (Å²) in [6.07, 6.45) is 5.50. The Bertz CT molecular complexity index is 451. The zero-order valence-corrected chi connectivity index (χ0v) is 10.2. The minimum Gasteiger partial charge on any atom is -0.494 e. The van der Waals surface area contributed by atoms with Crippen LogP contribution in [0.1, 0.15) is 17.7 Å². The van der Waals surface area contributed by atoms with E-state index < -0.39 is 0 Å². The molecule has 88 valence electrons. The monoisotopic (exact) mass is 246 g/mol. The summed E-state index contributed by atoms with van der Waals surface area (Å²) in [6, 6.07) is 7.78. The number of nitrogens with one attached hydrogen (secondary N) is 1. The number of aromatic amines is 1. The van der Waals surface area contributed by atoms with Gasteiger partial charge in [0.05, 0.1) is 18.6 Å². The highest BCUT2D eigenvalue weighted by atomic mass is 32.1. The molecule has 1 N–H and O–H groups in total. The molecule has 0 bridgehead atoms. The highest BCUT2D eigenvalue weighted by Gasteiger charge is 1.96. The molecule has 3 nitrogen and oxygen atoms in total. The average Bonchev–Trinajstić information content (AvgIpc) is 2.88. The Morgan fingerprint density at radius 3 is 2.76 bits per heavy atom. The number of nitrogens with zero attached hydrogens (tertiary/aromatic N) is 1. The summed E-state index contributed by atoms with van der Waals surface area (Å²) >= 11 is 4.84. The molecule has 0 saturated heterocycles. The van der Waals surface area contributed by atoms with Gasteiger partial charge in [0.15, 0.2) is 0 Å². The van der Waals surface area contributed by atoms with Crippen molar-refractivity contribution in [3.05, 3.63) is 48.0 Å². The van der Waals surface area contributed by atoms with Gasteiger partial charge in [0.1, 0.15) is 5.75 Å². The molecule has 17 heavy (non-hydrogen) atoms. The van der Waals surface area contributed by atoms with Crippen molar-refractivity contribution in [3.63, 3.8) is 0 Å². The van der Waals surface area contributed by atoms with E-state index in [1.807, 2.05) is 30.5 Å². The van der Waals surface area contributed by atoms with Gasteiger partial charge < -0.3 is 9.72 Å². The lowest BCUT2D eigenvalue weighted by molar-refractivity contribution is 0.310. The summed E-state index contributed by atoms with van der Waals surface area (Å²) in [7, 11) is 0. The minimum atomic E-state index is 0.698. The molecule has 1 aromatic carbocycles. The minimum absolute atomic E-state index is 0.698. The molecule has 2 aromatic rings. The van der Waals surface area contributed by atoms with Crippen molar-refractivity contribution in [2.24, 2.45) is 0 Å². The maximum absolute atomic E-state index is 5.62. The Labute approximate surface area is 106 Å². The lowest BCUT2D eigenvalue weighted by atomic mass is 10.2. The Morgan fingerprint density at radius 1 is 1.29 bits per heavy atom. The second-order valence-electron chi connectivity index (χ2n) is 3.70. The molecule has 0 aliphatic rings. The Kier molecular flexibility index (Phi) is 4.27. The van der Waals surface area contributed by atoms with Crippen molar-refractivity contribution in [1.82, 2.24) is 9.97 Å². The van der Waals surface area contributed by atoms with E-state index in [1.54, 1.807) is 11.7 Å². The molecule has 0 unspecified atom stereocenters. The molecule has 0 saturated carbocycles. The standard InChI is InChI=1S/C13H14N2OS/c17-9-11-3-5-13(6-4-11)16-7-1-2-12-8-14-10-15-12/h3-6,8-10H,1-2,7H2,(H,14,15). The molecule has 0 fully saturated rings. The molecule has 0 radical (unpaired) electrons. The first-order chi connectivity index (χ1) is 8.38. The summed E-state index contributed by atoms with van der Waals surface area (Å²) in [5.74, 6) is 0.882. The van der Waals surface area contributed by atoms with E-state index in [-0.39, 0.29) is 0 Å². The van der Waals surface area contributed by atoms with Crippen molar-refractivity contribution >= 4 is 17.6 Å². The largest absolute Gasteiger partial charge is 0.494 e. The third-order valence-electron chi connectivity index (χ3n) is 2.42. The Hall–Kier alpha value is -1.68. The fraction of sp³-hybridized carbons (Fsp3) is 0.231. The number of benzene rings is 1. The van der Waals surface area contributed by atoms with Crippen LogP contribution in [-0.2, 0) is 6.42 Å². The van der Waals surface area contributed by atoms with E-state index in [2.05, 4.69) is 9.97 Å². The van der Waals surface area contributed by atoms with E-state index in [0.29, 0.717) is 6.61 Å². The van der Waals surface area contributed by atoms with Crippen LogP contribution in [0.4, 0.5) is 0 Å². The van der Waals surface area contributed by atoms with Gasteiger partial charge >= 0.3 is 0 Å². The van der Waals surface area contributed by atoms with E-state index in [1.165, 1.54) is 0 Å². The van der Waals surface area contributed by atoms with Crippen LogP contribution in [0.15, 0.2) is 36.8 Å². The second kappa shape index (κ2) is 6.15. The number of aryl methyl sites for hydroxylation is 1. The predicted molar refractivity (Wildman–Crippen MR) is 71.6 cm³/mol. The highest BCUT2D eigenvalue weighted by molar-refractivity contribution is 7.79. The molecular weight excluding hydrogens is 232 g/mol. The zero-order valence-electron chi connectivity index (χ0n) is 9.43. The lowest BCUT2D eigenvalue weighted by Gasteiger charge is -2.05. The fourth-order valence-corrected chi connectivity index (χ4v) is 1.67. The first-order valence-corrected chi connectivity index (χ1v) is 6.01. The van der Waals surface area contributed by atoms with Crippen LogP contribution in [-0.4, -0.2) is 21.9 Å². The molecule has 4 heteroatoms. The van der Waals surface area contributed by atoms with E-state index in [0.717, 1.165) is 29.8 Å². The summed E-state index contributed by atoms with van der Waals surface area (Å²) in [6.45, 7) is 0.698. The van der Waals surface area contributed by atoms with Gasteiger partial charge in [0.2, 0.25) is 0 Å². The molecule has 0 atom stereocenters. The van der Waals surface area contributed by atoms with Crippen LogP contribution >= 0.6 is 12.2 Å². The topological polar surface area (TPSA) is 37.9 Å². The number of aromatic nitrogens is 2. The van der Waals surface area contributed by atoms with Crippen LogP contribution in [0.2, 0.25) is 0 Å². The molecule has 0 aliphatic carbocycles. The van der Waals surface area contributed by atoms with Crippen LogP contribution in [0.3, 0.4) is 0 Å². The lowest BCUT2D eigenvalue weighted by Crippen LogP contribution is -1.99. The van der Waals surface area contributed by atoms with Crippen LogP contribution in [0, 0.1) is 0 Å². The van der Waals surface area contributed by atoms with Gasteiger partial charge in [0.25, 0.3) is 0 Å². The SMILES string of the molecule is S=Cc1ccc(OCCCc2c[nH]cn2)cc1. The Morgan fingerprint density at radius 2 is 2.12 bits per heavy atom. The number of imidazole rings is 1. The van der Waals surface area contributed by atoms with Gasteiger partial charge in [-0.15, -0.1) is 0 Å². The summed E-state index contributed by atoms with van der Waals surface area (Å²) in [5.41, 5.74) is 2.11. The fourth-order valence-electron chi connectivity index (χ4n) is 1.51. The van der Waals surface area contributed by atoms with Crippen LogP contribution in [0.25, 0.3) is 0 Å². The molecular formula is C13H14N2OS. The Balaban J connectivity index is 1.72. The maximum atomic E-state index is 5.62. The number of rotatable bonds is 6. The van der Waals surface area contributed by atoms with Gasteiger partial charge in [-0.25, -0.2) is 4.98 Å². The molecule has 1 heterocycles. The number of hydrogen-bond acceptors (Lipinski definition) is 3. The van der Waals surface area contributed by atoms with Crippen molar-refractivity contribution < 1.29 is 4.74 Å². The maximum Gasteiger partial charge on any atom is 0.119 e. The first-order valence-electron chi connectivity index (χ1n) is 5.54. The van der Waals surface area contributed by atoms with Gasteiger partial charge in [-0.2, -0.15) is 0 Å². The molecule has 0 aliphatic heterocycles. The van der Waals surface area contributed by atoms with Crippen LogP contribution < -0.4 is 4.74 Å². The molecule has 1 aromatic heterocycles. The quantitative estimate of drug-likeness (QED) is 0.629. The third-order valence-corrected chi connectivity index (χ3v) is 2.69. The number of H-pyrrole nitrogens is 1. The smallest absolute Gasteiger partial charge is 0.119 e. The second-order valence-corrected chi connectivity index (χ2v) is 3.94.